The summed E-state index contributed by atoms with van der Waals surface area (Å²) in [6.07, 6.45) is -0.339. The van der Waals surface area contributed by atoms with E-state index in [-0.39, 0.29) is 6.10 Å². The molecule has 0 saturated heterocycles. The fraction of sp³-hybridized carbons (Fsp3) is 0.273. The fourth-order valence-corrected chi connectivity index (χ4v) is 1.57. The van der Waals surface area contributed by atoms with Gasteiger partial charge in [0.05, 0.1) is 10.0 Å². The van der Waals surface area contributed by atoms with E-state index in [2.05, 4.69) is 10.1 Å². The molecule has 1 unspecified atom stereocenters. The minimum atomic E-state index is -0.339. The number of hydrogen-bond acceptors (Lipinski definition) is 4. The van der Waals surface area contributed by atoms with Crippen LogP contribution in [0.4, 0.5) is 0 Å². The average molecular weight is 273 g/mol. The van der Waals surface area contributed by atoms with Crippen molar-refractivity contribution in [3.8, 4) is 5.75 Å². The predicted molar refractivity (Wildman–Crippen MR) is 64.5 cm³/mol. The van der Waals surface area contributed by atoms with Gasteiger partial charge in [-0.05, 0) is 26.0 Å². The van der Waals surface area contributed by atoms with Crippen molar-refractivity contribution in [1.82, 2.24) is 10.1 Å². The molecule has 1 atom stereocenters. The third-order valence-corrected chi connectivity index (χ3v) is 2.83. The molecule has 0 aliphatic carbocycles. The Labute approximate surface area is 108 Å². The molecule has 1 heterocycles. The molecule has 0 bridgehead atoms. The summed E-state index contributed by atoms with van der Waals surface area (Å²) in [5.74, 6) is 1.60. The third kappa shape index (κ3) is 2.90. The van der Waals surface area contributed by atoms with Gasteiger partial charge in [-0.3, -0.25) is 0 Å². The van der Waals surface area contributed by atoms with Gasteiger partial charge in [0.2, 0.25) is 0 Å². The maximum Gasteiger partial charge on any atom is 0.267 e. The van der Waals surface area contributed by atoms with Gasteiger partial charge in [0, 0.05) is 6.07 Å². The molecule has 17 heavy (non-hydrogen) atoms. The van der Waals surface area contributed by atoms with Crippen LogP contribution < -0.4 is 4.74 Å². The molecule has 0 aliphatic rings. The van der Waals surface area contributed by atoms with Crippen LogP contribution in [-0.4, -0.2) is 10.1 Å². The lowest BCUT2D eigenvalue weighted by Crippen LogP contribution is -2.03. The van der Waals surface area contributed by atoms with Gasteiger partial charge in [-0.25, -0.2) is 0 Å². The minimum absolute atomic E-state index is 0.339. The number of nitrogens with zero attached hydrogens (tertiary/aromatic N) is 2. The summed E-state index contributed by atoms with van der Waals surface area (Å²) >= 11 is 11.7. The molecule has 0 fully saturated rings. The van der Waals surface area contributed by atoms with Crippen molar-refractivity contribution in [3.63, 3.8) is 0 Å². The molecule has 0 radical (unpaired) electrons. The highest BCUT2D eigenvalue weighted by Crippen LogP contribution is 2.28. The van der Waals surface area contributed by atoms with Crippen LogP contribution in [0.1, 0.15) is 24.7 Å². The first-order chi connectivity index (χ1) is 8.06. The number of ether oxygens (including phenoxy) is 1. The maximum absolute atomic E-state index is 5.88. The van der Waals surface area contributed by atoms with E-state index >= 15 is 0 Å². The van der Waals surface area contributed by atoms with E-state index in [1.165, 1.54) is 0 Å². The lowest BCUT2D eigenvalue weighted by molar-refractivity contribution is 0.175. The minimum Gasteiger partial charge on any atom is -0.481 e. The average Bonchev–Trinajstić information content (AvgIpc) is 2.70. The Morgan fingerprint density at radius 1 is 1.29 bits per heavy atom. The number of hydrogen-bond donors (Lipinski definition) is 0. The van der Waals surface area contributed by atoms with E-state index in [0.717, 1.165) is 0 Å². The van der Waals surface area contributed by atoms with Crippen LogP contribution in [0.5, 0.6) is 5.75 Å². The molecule has 1 aromatic heterocycles. The summed E-state index contributed by atoms with van der Waals surface area (Å²) in [5.41, 5.74) is 0. The van der Waals surface area contributed by atoms with Crippen molar-refractivity contribution >= 4 is 23.2 Å². The maximum atomic E-state index is 5.88. The molecule has 6 heteroatoms. The van der Waals surface area contributed by atoms with E-state index in [4.69, 9.17) is 32.5 Å². The van der Waals surface area contributed by atoms with Crippen LogP contribution >= 0.6 is 23.2 Å². The number of benzene rings is 1. The lowest BCUT2D eigenvalue weighted by Gasteiger charge is -2.11. The van der Waals surface area contributed by atoms with Crippen molar-refractivity contribution in [2.75, 3.05) is 0 Å². The van der Waals surface area contributed by atoms with E-state index in [0.29, 0.717) is 27.5 Å². The number of aromatic nitrogens is 2. The van der Waals surface area contributed by atoms with Crippen molar-refractivity contribution in [2.45, 2.75) is 20.0 Å². The topological polar surface area (TPSA) is 48.2 Å². The quantitative estimate of drug-likeness (QED) is 0.852. The fourth-order valence-electron chi connectivity index (χ4n) is 1.28. The van der Waals surface area contributed by atoms with Crippen molar-refractivity contribution in [2.24, 2.45) is 0 Å². The van der Waals surface area contributed by atoms with Crippen LogP contribution in [0, 0.1) is 6.92 Å². The molecule has 1 aromatic carbocycles. The predicted octanol–water partition coefficient (Wildman–Crippen LogP) is 3.82. The second-order valence-electron chi connectivity index (χ2n) is 3.52. The summed E-state index contributed by atoms with van der Waals surface area (Å²) < 4.78 is 10.6. The van der Waals surface area contributed by atoms with Crippen LogP contribution in [0.3, 0.4) is 0 Å². The summed E-state index contributed by atoms with van der Waals surface area (Å²) in [4.78, 5) is 4.08. The zero-order valence-corrected chi connectivity index (χ0v) is 10.8. The molecule has 0 spiro atoms. The van der Waals surface area contributed by atoms with Gasteiger partial charge >= 0.3 is 0 Å². The van der Waals surface area contributed by atoms with Gasteiger partial charge < -0.3 is 9.26 Å². The Hall–Kier alpha value is -1.26. The van der Waals surface area contributed by atoms with Gasteiger partial charge in [-0.1, -0.05) is 28.4 Å². The SMILES string of the molecule is Cc1noc(C(C)Oc2ccc(Cl)c(Cl)c2)n1. The van der Waals surface area contributed by atoms with Gasteiger partial charge in [0.15, 0.2) is 11.9 Å². The third-order valence-electron chi connectivity index (χ3n) is 2.09. The van der Waals surface area contributed by atoms with Crippen LogP contribution in [0.2, 0.25) is 10.0 Å². The molecule has 90 valence electrons. The second-order valence-corrected chi connectivity index (χ2v) is 4.33. The van der Waals surface area contributed by atoms with Gasteiger partial charge in [-0.2, -0.15) is 4.98 Å². The van der Waals surface area contributed by atoms with E-state index in [1.807, 2.05) is 6.92 Å². The molecule has 2 aromatic rings. The summed E-state index contributed by atoms with van der Waals surface area (Å²) in [6, 6.07) is 5.04. The molecular weight excluding hydrogens is 263 g/mol. The Morgan fingerprint density at radius 3 is 2.65 bits per heavy atom. The molecule has 0 N–H and O–H groups in total. The first kappa shape index (κ1) is 12.2. The number of aryl methyl sites for hydroxylation is 1. The Kier molecular flexibility index (Phi) is 3.54. The molecular formula is C11H10Cl2N2O2. The summed E-state index contributed by atoms with van der Waals surface area (Å²) in [7, 11) is 0. The molecule has 0 amide bonds. The largest absolute Gasteiger partial charge is 0.481 e. The monoisotopic (exact) mass is 272 g/mol. The molecule has 0 saturated carbocycles. The second kappa shape index (κ2) is 4.94. The first-order valence-corrected chi connectivity index (χ1v) is 5.74. The highest BCUT2D eigenvalue weighted by Gasteiger charge is 2.14. The van der Waals surface area contributed by atoms with Gasteiger partial charge in [-0.15, -0.1) is 0 Å². The zero-order chi connectivity index (χ0) is 12.4. The van der Waals surface area contributed by atoms with Crippen LogP contribution in [-0.2, 0) is 0 Å². The molecule has 0 aliphatic heterocycles. The Balaban J connectivity index is 2.12. The highest BCUT2D eigenvalue weighted by molar-refractivity contribution is 6.42. The zero-order valence-electron chi connectivity index (χ0n) is 9.28. The lowest BCUT2D eigenvalue weighted by atomic mass is 10.3. The normalized spacial score (nSPS) is 12.5. The number of rotatable bonds is 3. The standard InChI is InChI=1S/C11H10Cl2N2O2/c1-6(11-14-7(2)15-17-11)16-8-3-4-9(12)10(13)5-8/h3-6H,1-2H3. The van der Waals surface area contributed by atoms with Gasteiger partial charge in [0.25, 0.3) is 5.89 Å². The Morgan fingerprint density at radius 2 is 2.06 bits per heavy atom. The van der Waals surface area contributed by atoms with E-state index < -0.39 is 0 Å². The number of halogens is 2. The Bertz CT molecular complexity index is 528. The van der Waals surface area contributed by atoms with Gasteiger partial charge in [0.1, 0.15) is 5.75 Å². The van der Waals surface area contributed by atoms with Crippen molar-refractivity contribution in [3.05, 3.63) is 40.0 Å². The van der Waals surface area contributed by atoms with Crippen molar-refractivity contribution in [1.29, 1.82) is 0 Å². The first-order valence-electron chi connectivity index (χ1n) is 4.98. The summed E-state index contributed by atoms with van der Waals surface area (Å²) in [5, 5.41) is 4.63. The van der Waals surface area contributed by atoms with Crippen LogP contribution in [0.25, 0.3) is 0 Å². The highest BCUT2D eigenvalue weighted by atomic mass is 35.5. The smallest absolute Gasteiger partial charge is 0.267 e. The van der Waals surface area contributed by atoms with E-state index in [1.54, 1.807) is 25.1 Å². The van der Waals surface area contributed by atoms with Crippen LogP contribution in [0.15, 0.2) is 22.7 Å². The van der Waals surface area contributed by atoms with Crippen molar-refractivity contribution < 1.29 is 9.26 Å². The summed E-state index contributed by atoms with van der Waals surface area (Å²) in [6.45, 7) is 3.56. The molecule has 4 nitrogen and oxygen atoms in total. The molecule has 2 rings (SSSR count). The van der Waals surface area contributed by atoms with E-state index in [9.17, 15) is 0 Å².